The molecule has 0 saturated heterocycles. The maximum Gasteiger partial charge on any atom is 0.306 e. The molecule has 13 heavy (non-hydrogen) atoms. The van der Waals surface area contributed by atoms with Crippen LogP contribution in [0.5, 0.6) is 0 Å². The van der Waals surface area contributed by atoms with Crippen molar-refractivity contribution in [2.24, 2.45) is 17.8 Å². The van der Waals surface area contributed by atoms with Gasteiger partial charge in [0.05, 0.1) is 5.92 Å². The predicted octanol–water partition coefficient (Wildman–Crippen LogP) is 2.92. The second kappa shape index (κ2) is 4.64. The lowest BCUT2D eigenvalue weighted by Crippen LogP contribution is -2.13. The summed E-state index contributed by atoms with van der Waals surface area (Å²) in [4.78, 5) is 10.6. The van der Waals surface area contributed by atoms with Gasteiger partial charge in [0.2, 0.25) is 0 Å². The van der Waals surface area contributed by atoms with E-state index in [1.807, 2.05) is 0 Å². The summed E-state index contributed by atoms with van der Waals surface area (Å²) in [6, 6.07) is 0. The standard InChI is InChI=1S/C11H20O2/c1-8(3-4-10-5-6-10)7-9(2)11(12)13/h8-10H,3-7H2,1-2H3,(H,12,13). The van der Waals surface area contributed by atoms with Gasteiger partial charge in [0, 0.05) is 0 Å². The fraction of sp³-hybridized carbons (Fsp3) is 0.909. The second-order valence-electron chi connectivity index (χ2n) is 4.60. The highest BCUT2D eigenvalue weighted by molar-refractivity contribution is 5.69. The van der Waals surface area contributed by atoms with Crippen LogP contribution in [0.2, 0.25) is 0 Å². The fourth-order valence-corrected chi connectivity index (χ4v) is 1.75. The first-order valence-electron chi connectivity index (χ1n) is 5.32. The Morgan fingerprint density at radius 2 is 2.08 bits per heavy atom. The summed E-state index contributed by atoms with van der Waals surface area (Å²) in [5, 5.41) is 8.72. The molecule has 0 aromatic rings. The Morgan fingerprint density at radius 1 is 1.46 bits per heavy atom. The van der Waals surface area contributed by atoms with Crippen LogP contribution in [0.15, 0.2) is 0 Å². The third kappa shape index (κ3) is 4.30. The van der Waals surface area contributed by atoms with Gasteiger partial charge in [-0.1, -0.05) is 39.5 Å². The number of rotatable bonds is 6. The minimum atomic E-state index is -0.654. The quantitative estimate of drug-likeness (QED) is 0.689. The number of aliphatic carboxylic acids is 1. The third-order valence-electron chi connectivity index (χ3n) is 2.94. The first-order valence-corrected chi connectivity index (χ1v) is 5.32. The number of carboxylic acids is 1. The van der Waals surface area contributed by atoms with E-state index in [1.165, 1.54) is 25.7 Å². The molecule has 0 aromatic carbocycles. The van der Waals surface area contributed by atoms with Crippen LogP contribution in [0.25, 0.3) is 0 Å². The zero-order chi connectivity index (χ0) is 9.84. The van der Waals surface area contributed by atoms with Crippen LogP contribution in [0.1, 0.15) is 46.0 Å². The van der Waals surface area contributed by atoms with Crippen LogP contribution in [0.4, 0.5) is 0 Å². The van der Waals surface area contributed by atoms with Crippen molar-refractivity contribution in [3.8, 4) is 0 Å². The molecule has 1 aliphatic rings. The van der Waals surface area contributed by atoms with E-state index in [2.05, 4.69) is 6.92 Å². The van der Waals surface area contributed by atoms with Crippen LogP contribution in [-0.4, -0.2) is 11.1 Å². The molecule has 1 saturated carbocycles. The average molecular weight is 184 g/mol. The minimum absolute atomic E-state index is 0.172. The van der Waals surface area contributed by atoms with E-state index in [9.17, 15) is 4.79 Å². The zero-order valence-electron chi connectivity index (χ0n) is 8.62. The molecular weight excluding hydrogens is 164 g/mol. The Balaban J connectivity index is 2.07. The highest BCUT2D eigenvalue weighted by Crippen LogP contribution is 2.35. The zero-order valence-corrected chi connectivity index (χ0v) is 8.62. The molecule has 0 aliphatic heterocycles. The van der Waals surface area contributed by atoms with Crippen molar-refractivity contribution in [2.45, 2.75) is 46.0 Å². The van der Waals surface area contributed by atoms with E-state index >= 15 is 0 Å². The molecule has 0 bridgehead atoms. The lowest BCUT2D eigenvalue weighted by molar-refractivity contribution is -0.141. The molecule has 1 N–H and O–H groups in total. The van der Waals surface area contributed by atoms with Crippen LogP contribution in [-0.2, 0) is 4.79 Å². The fourth-order valence-electron chi connectivity index (χ4n) is 1.75. The van der Waals surface area contributed by atoms with E-state index in [0.29, 0.717) is 5.92 Å². The Labute approximate surface area is 80.3 Å². The molecule has 0 heterocycles. The Kier molecular flexibility index (Phi) is 3.76. The van der Waals surface area contributed by atoms with Crippen LogP contribution in [0.3, 0.4) is 0 Å². The van der Waals surface area contributed by atoms with Gasteiger partial charge in [-0.3, -0.25) is 4.79 Å². The highest BCUT2D eigenvalue weighted by atomic mass is 16.4. The molecule has 0 aromatic heterocycles. The normalized spacial score (nSPS) is 21.1. The van der Waals surface area contributed by atoms with Gasteiger partial charge in [0.25, 0.3) is 0 Å². The van der Waals surface area contributed by atoms with Gasteiger partial charge in [0.15, 0.2) is 0 Å². The smallest absolute Gasteiger partial charge is 0.306 e. The van der Waals surface area contributed by atoms with E-state index in [1.54, 1.807) is 6.92 Å². The van der Waals surface area contributed by atoms with Crippen molar-refractivity contribution in [3.05, 3.63) is 0 Å². The number of carboxylic acid groups (broad SMARTS) is 1. The van der Waals surface area contributed by atoms with Crippen molar-refractivity contribution in [3.63, 3.8) is 0 Å². The van der Waals surface area contributed by atoms with E-state index in [4.69, 9.17) is 5.11 Å². The summed E-state index contributed by atoms with van der Waals surface area (Å²) in [7, 11) is 0. The van der Waals surface area contributed by atoms with Crippen molar-refractivity contribution < 1.29 is 9.90 Å². The highest BCUT2D eigenvalue weighted by Gasteiger charge is 2.22. The van der Waals surface area contributed by atoms with Gasteiger partial charge in [-0.15, -0.1) is 0 Å². The molecule has 0 amide bonds. The summed E-state index contributed by atoms with van der Waals surface area (Å²) in [6.07, 6.45) is 6.17. The van der Waals surface area contributed by atoms with Crippen molar-refractivity contribution in [2.75, 3.05) is 0 Å². The number of hydrogen-bond acceptors (Lipinski definition) is 1. The minimum Gasteiger partial charge on any atom is -0.481 e. The summed E-state index contributed by atoms with van der Waals surface area (Å²) >= 11 is 0. The van der Waals surface area contributed by atoms with Gasteiger partial charge in [0.1, 0.15) is 0 Å². The van der Waals surface area contributed by atoms with Gasteiger partial charge >= 0.3 is 5.97 Å². The summed E-state index contributed by atoms with van der Waals surface area (Å²) in [5.74, 6) is 0.724. The van der Waals surface area contributed by atoms with Crippen LogP contribution >= 0.6 is 0 Å². The van der Waals surface area contributed by atoms with Crippen LogP contribution < -0.4 is 0 Å². The monoisotopic (exact) mass is 184 g/mol. The van der Waals surface area contributed by atoms with Crippen molar-refractivity contribution in [1.82, 2.24) is 0 Å². The van der Waals surface area contributed by atoms with Gasteiger partial charge in [-0.25, -0.2) is 0 Å². The first-order chi connectivity index (χ1) is 6.09. The van der Waals surface area contributed by atoms with Crippen molar-refractivity contribution >= 4 is 5.97 Å². The van der Waals surface area contributed by atoms with Gasteiger partial charge in [-0.2, -0.15) is 0 Å². The maximum atomic E-state index is 10.6. The Morgan fingerprint density at radius 3 is 2.54 bits per heavy atom. The molecule has 1 fully saturated rings. The molecule has 2 nitrogen and oxygen atoms in total. The molecule has 1 rings (SSSR count). The number of hydrogen-bond donors (Lipinski definition) is 1. The molecule has 0 spiro atoms. The van der Waals surface area contributed by atoms with Gasteiger partial charge < -0.3 is 5.11 Å². The van der Waals surface area contributed by atoms with E-state index in [0.717, 1.165) is 12.3 Å². The van der Waals surface area contributed by atoms with Gasteiger partial charge in [-0.05, 0) is 18.3 Å². The SMILES string of the molecule is CC(CCC1CC1)CC(C)C(=O)O. The topological polar surface area (TPSA) is 37.3 Å². The maximum absolute atomic E-state index is 10.6. The molecule has 0 radical (unpaired) electrons. The average Bonchev–Trinajstić information content (AvgIpc) is 2.83. The molecule has 2 atom stereocenters. The molecular formula is C11H20O2. The largest absolute Gasteiger partial charge is 0.481 e. The molecule has 2 heteroatoms. The molecule has 2 unspecified atom stereocenters. The second-order valence-corrected chi connectivity index (χ2v) is 4.60. The van der Waals surface area contributed by atoms with E-state index in [-0.39, 0.29) is 5.92 Å². The summed E-state index contributed by atoms with van der Waals surface area (Å²) < 4.78 is 0. The Hall–Kier alpha value is -0.530. The molecule has 76 valence electrons. The lowest BCUT2D eigenvalue weighted by atomic mass is 9.93. The Bertz CT molecular complexity index is 173. The number of carbonyl (C=O) groups is 1. The predicted molar refractivity (Wildman–Crippen MR) is 52.5 cm³/mol. The lowest BCUT2D eigenvalue weighted by Gasteiger charge is -2.13. The summed E-state index contributed by atoms with van der Waals surface area (Å²) in [5.41, 5.74) is 0. The van der Waals surface area contributed by atoms with E-state index < -0.39 is 5.97 Å². The first kappa shape index (κ1) is 10.6. The van der Waals surface area contributed by atoms with Crippen LogP contribution in [0, 0.1) is 17.8 Å². The van der Waals surface area contributed by atoms with Crippen molar-refractivity contribution in [1.29, 1.82) is 0 Å². The molecule has 1 aliphatic carbocycles. The summed E-state index contributed by atoms with van der Waals surface area (Å²) in [6.45, 7) is 3.97. The third-order valence-corrected chi connectivity index (χ3v) is 2.94.